The van der Waals surface area contributed by atoms with E-state index in [1.807, 2.05) is 6.92 Å². The topological polar surface area (TPSA) is 26.3 Å². The Morgan fingerprint density at radius 2 is 0.400 bits per heavy atom. The van der Waals surface area contributed by atoms with Crippen molar-refractivity contribution in [3.05, 3.63) is 11.1 Å². The molecule has 0 saturated carbocycles. The number of unbranched alkanes of at least 4 members (excludes halogenated alkanes) is 6. The number of ether oxygens (including phenoxy) is 1. The quantitative estimate of drug-likeness (QED) is 0.0734. The molecule has 0 heterocycles. The third kappa shape index (κ3) is 1.94. The summed E-state index contributed by atoms with van der Waals surface area (Å²) in [4.78, 5) is 12.1. The van der Waals surface area contributed by atoms with Crippen LogP contribution in [0.3, 0.4) is 0 Å². The smallest absolute Gasteiger partial charge is 0.305 e. The fourth-order valence-electron chi connectivity index (χ4n) is 24.9. The summed E-state index contributed by atoms with van der Waals surface area (Å²) in [6.45, 7) is 2.39. The first-order chi connectivity index (χ1) is 37.3. The van der Waals surface area contributed by atoms with Crippen LogP contribution in [0, 0.1) is 0 Å². The second-order valence-corrected chi connectivity index (χ2v) is 26.9. The lowest BCUT2D eigenvalue weighted by Gasteiger charge is -2.30. The number of esters is 1. The summed E-state index contributed by atoms with van der Waals surface area (Å²) < 4.78 is 5.25. The van der Waals surface area contributed by atoms with Crippen LogP contribution in [-0.4, -0.2) is 12.6 Å². The van der Waals surface area contributed by atoms with Crippen LogP contribution in [0.2, 0.25) is 0 Å². The van der Waals surface area contributed by atoms with E-state index in [0.29, 0.717) is 18.9 Å². The lowest BCUT2D eigenvalue weighted by Crippen LogP contribution is -2.09. The van der Waals surface area contributed by atoms with Crippen molar-refractivity contribution in [2.24, 2.45) is 0 Å². The summed E-state index contributed by atoms with van der Waals surface area (Å²) in [5, 5.41) is 96.8. The van der Waals surface area contributed by atoms with Gasteiger partial charge in [0.2, 0.25) is 0 Å². The molecule has 1 aliphatic rings. The maximum atomic E-state index is 12.1. The van der Waals surface area contributed by atoms with Crippen molar-refractivity contribution in [2.75, 3.05) is 6.61 Å². The Kier molecular flexibility index (Phi) is 3.17. The zero-order valence-corrected chi connectivity index (χ0v) is 40.0. The van der Waals surface area contributed by atoms with Gasteiger partial charge in [0.05, 0.1) is 6.61 Å². The summed E-state index contributed by atoms with van der Waals surface area (Å²) in [7, 11) is 0. The molecule has 30 aromatic rings. The molecular formula is C73H24O2. The number of carbonyl (C=O) groups is 1. The fraction of sp³-hybridized carbons (Fsp3) is 0.164. The van der Waals surface area contributed by atoms with Crippen LogP contribution in [0.25, 0.3) is 312 Å². The second kappa shape index (κ2) is 7.72. The molecule has 0 fully saturated rings. The highest BCUT2D eigenvalue weighted by Gasteiger charge is 2.52. The Balaban J connectivity index is 0.940. The molecule has 0 radical (unpaired) electrons. The van der Waals surface area contributed by atoms with Crippen LogP contribution in [0.15, 0.2) is 0 Å². The molecule has 1 aliphatic carbocycles. The molecular weight excluding hydrogens is 909 g/mol. The van der Waals surface area contributed by atoms with Crippen molar-refractivity contribution in [3.8, 4) is 0 Å². The summed E-state index contributed by atoms with van der Waals surface area (Å²) in [6.07, 6.45) is 10.1. The van der Waals surface area contributed by atoms with Crippen LogP contribution in [-0.2, 0) is 9.53 Å². The third-order valence-corrected chi connectivity index (χ3v) is 25.7. The Morgan fingerprint density at radius 3 is 0.600 bits per heavy atom. The first kappa shape index (κ1) is 30.8. The average molecular weight is 933 g/mol. The van der Waals surface area contributed by atoms with E-state index in [9.17, 15) is 4.79 Å². The van der Waals surface area contributed by atoms with Crippen molar-refractivity contribution in [1.29, 1.82) is 0 Å². The number of benzene rings is 19. The first-order valence-electron chi connectivity index (χ1n) is 29.0. The summed E-state index contributed by atoms with van der Waals surface area (Å²) in [5.41, 5.74) is 3.52. The predicted molar refractivity (Wildman–Crippen MR) is 321 cm³/mol. The van der Waals surface area contributed by atoms with Crippen molar-refractivity contribution in [2.45, 2.75) is 70.6 Å². The molecule has 30 aromatic carbocycles. The molecule has 0 amide bonds. The Morgan fingerprint density at radius 1 is 0.240 bits per heavy atom. The zero-order valence-electron chi connectivity index (χ0n) is 40.0. The second-order valence-electron chi connectivity index (χ2n) is 26.9. The standard InChI is InChI=1S/C73H24O2/c1-2-75-13(74)11-9-7-5-3-4-6-8-10-12-14-16-20-17-15(12)19-22-21-18(14)25-28-23(16)34-36-27(20)37-35-24(17)29-26(19)33-31(22)41-40-30(21)32(25)42-48-38(28)44(34)54-56-46(36)47(37)57-55-45(35)39(29)49-43(33)53-51(41)60-50(40)52(42)61-58(48)63(54)70-65(56)66(57)71-64(55)59(49)62(53)69-67(60)68(61)72(70)73(69)71/h12H,2-11H2,1H3. The minimum Gasteiger partial charge on any atom is -0.466 e. The first-order valence-corrected chi connectivity index (χ1v) is 29.0. The lowest BCUT2D eigenvalue weighted by molar-refractivity contribution is -0.143. The molecule has 0 aliphatic heterocycles. The highest BCUT2D eigenvalue weighted by molar-refractivity contribution is 6.84. The highest BCUT2D eigenvalue weighted by atomic mass is 16.5. The van der Waals surface area contributed by atoms with Crippen molar-refractivity contribution < 1.29 is 9.53 Å². The molecule has 0 atom stereocenters. The van der Waals surface area contributed by atoms with E-state index in [1.54, 1.807) is 324 Å². The van der Waals surface area contributed by atoms with E-state index in [4.69, 9.17) is 4.74 Å². The third-order valence-electron chi connectivity index (χ3n) is 25.7. The molecule has 328 valence electrons. The van der Waals surface area contributed by atoms with Crippen molar-refractivity contribution in [1.82, 2.24) is 0 Å². The monoisotopic (exact) mass is 932 g/mol. The van der Waals surface area contributed by atoms with Gasteiger partial charge in [-0.2, -0.15) is 0 Å². The normalized spacial score (nSPS) is 17.1. The Labute approximate surface area is 414 Å². The summed E-state index contributed by atoms with van der Waals surface area (Å²) in [5.74, 6) is 0.324. The molecule has 0 N–H and O–H groups in total. The minimum atomic E-state index is -0.0329. The molecule has 0 spiro atoms. The van der Waals surface area contributed by atoms with E-state index in [0.717, 1.165) is 12.8 Å². The minimum absolute atomic E-state index is 0.0329. The molecule has 2 nitrogen and oxygen atoms in total. The lowest BCUT2D eigenvalue weighted by atomic mass is 9.71. The maximum Gasteiger partial charge on any atom is 0.305 e. The van der Waals surface area contributed by atoms with Gasteiger partial charge in [-0.1, -0.05) is 38.5 Å². The van der Waals surface area contributed by atoms with E-state index in [1.165, 1.54) is 38.5 Å². The van der Waals surface area contributed by atoms with E-state index in [2.05, 4.69) is 0 Å². The van der Waals surface area contributed by atoms with Gasteiger partial charge in [-0.05, 0) is 343 Å². The average Bonchev–Trinajstić information content (AvgIpc) is 4.07. The van der Waals surface area contributed by atoms with E-state index < -0.39 is 0 Å². The predicted octanol–water partition coefficient (Wildman–Crippen LogP) is 21.2. The molecule has 0 bridgehead atoms. The van der Waals surface area contributed by atoms with E-state index >= 15 is 0 Å². The highest BCUT2D eigenvalue weighted by Crippen LogP contribution is 2.80. The van der Waals surface area contributed by atoms with Crippen LogP contribution in [0.4, 0.5) is 0 Å². The maximum absolute atomic E-state index is 12.1. The SMILES string of the molecule is CCOC(=O)CCCCCCCCCC1c2c3c4c5c1c1c6c7c2c2c8c3c3c9c4c4c%10c5c5c1c1c6c6c%11c7c2c2c7c8c3c3c8c9c4c4c9c%10c5c5c1c1c6c6c%11c2c2c7c3c3c8c4c4c9c5c1c1c6c2c3c41. The number of fused-ring (bicyclic) bond motifs is 5. The molecule has 0 unspecified atom stereocenters. The number of carbonyl (C=O) groups excluding carboxylic acids is 1. The van der Waals surface area contributed by atoms with Crippen molar-refractivity contribution >= 4 is 318 Å². The molecule has 0 saturated heterocycles. The Bertz CT molecular complexity index is 7030. The molecule has 0 aromatic heterocycles. The van der Waals surface area contributed by atoms with Gasteiger partial charge in [-0.25, -0.2) is 0 Å². The van der Waals surface area contributed by atoms with Crippen LogP contribution >= 0.6 is 0 Å². The Hall–Kier alpha value is -8.33. The number of hydrogen-bond acceptors (Lipinski definition) is 2. The summed E-state index contributed by atoms with van der Waals surface area (Å²) in [6, 6.07) is 0. The zero-order chi connectivity index (χ0) is 45.6. The van der Waals surface area contributed by atoms with Gasteiger partial charge in [0.1, 0.15) is 0 Å². The van der Waals surface area contributed by atoms with Gasteiger partial charge >= 0.3 is 5.97 Å². The van der Waals surface area contributed by atoms with E-state index in [-0.39, 0.29) is 5.97 Å². The van der Waals surface area contributed by atoms with Gasteiger partial charge in [-0.15, -0.1) is 0 Å². The molecule has 75 heavy (non-hydrogen) atoms. The summed E-state index contributed by atoms with van der Waals surface area (Å²) >= 11 is 0. The van der Waals surface area contributed by atoms with Crippen LogP contribution in [0.1, 0.15) is 81.8 Å². The van der Waals surface area contributed by atoms with Crippen LogP contribution < -0.4 is 0 Å². The van der Waals surface area contributed by atoms with Gasteiger partial charge in [0, 0.05) is 12.3 Å². The molecule has 31 rings (SSSR count). The molecule has 2 heteroatoms. The largest absolute Gasteiger partial charge is 0.466 e. The number of rotatable bonds is 11. The van der Waals surface area contributed by atoms with Crippen LogP contribution in [0.5, 0.6) is 0 Å². The van der Waals surface area contributed by atoms with Gasteiger partial charge < -0.3 is 4.74 Å². The fourth-order valence-corrected chi connectivity index (χ4v) is 24.9. The van der Waals surface area contributed by atoms with Gasteiger partial charge in [0.15, 0.2) is 0 Å². The number of hydrogen-bond donors (Lipinski definition) is 0. The van der Waals surface area contributed by atoms with Crippen molar-refractivity contribution in [3.63, 3.8) is 0 Å². The van der Waals surface area contributed by atoms with Gasteiger partial charge in [-0.3, -0.25) is 4.79 Å². The van der Waals surface area contributed by atoms with Gasteiger partial charge in [0.25, 0.3) is 0 Å².